The van der Waals surface area contributed by atoms with Crippen LogP contribution < -0.4 is 4.90 Å². The van der Waals surface area contributed by atoms with Gasteiger partial charge >= 0.3 is 5.91 Å². The van der Waals surface area contributed by atoms with E-state index in [0.29, 0.717) is 16.6 Å². The van der Waals surface area contributed by atoms with Crippen molar-refractivity contribution in [2.75, 3.05) is 4.90 Å². The Hall–Kier alpha value is -3.29. The highest BCUT2D eigenvalue weighted by atomic mass is 32.1. The quantitative estimate of drug-likeness (QED) is 0.227. The number of aliphatic hydroxyl groups is 1. The van der Waals surface area contributed by atoms with Crippen molar-refractivity contribution < 1.29 is 14.7 Å². The summed E-state index contributed by atoms with van der Waals surface area (Å²) in [4.78, 5) is 33.3. The minimum Gasteiger partial charge on any atom is -0.507 e. The molecule has 0 saturated carbocycles. The smallest absolute Gasteiger partial charge is 0.301 e. The molecule has 2 aromatic carbocycles. The van der Waals surface area contributed by atoms with E-state index in [0.717, 1.165) is 15.1 Å². The number of aliphatic hydroxyl groups excluding tert-OH is 1. The number of nitrogens with zero attached hydrogens (tertiary/aromatic N) is 2. The van der Waals surface area contributed by atoms with E-state index in [9.17, 15) is 14.7 Å². The van der Waals surface area contributed by atoms with Crippen LogP contribution >= 0.6 is 22.7 Å². The number of thiophene rings is 1. The lowest BCUT2D eigenvalue weighted by Crippen LogP contribution is -2.28. The molecule has 0 bridgehead atoms. The van der Waals surface area contributed by atoms with Crippen molar-refractivity contribution in [3.05, 3.63) is 87.6 Å². The first-order chi connectivity index (χ1) is 15.5. The second-order valence-electron chi connectivity index (χ2n) is 7.93. The first-order valence-electron chi connectivity index (χ1n) is 10.3. The van der Waals surface area contributed by atoms with Crippen LogP contribution in [0.15, 0.2) is 71.6 Å². The van der Waals surface area contributed by atoms with Crippen LogP contribution in [-0.2, 0) is 9.59 Å². The van der Waals surface area contributed by atoms with E-state index in [1.807, 2.05) is 35.7 Å². The Balaban J connectivity index is 1.69. The molecule has 1 saturated heterocycles. The van der Waals surface area contributed by atoms with Crippen molar-refractivity contribution in [1.29, 1.82) is 0 Å². The van der Waals surface area contributed by atoms with Crippen molar-refractivity contribution >= 4 is 55.5 Å². The molecule has 1 unspecified atom stereocenters. The molecule has 4 aromatic rings. The van der Waals surface area contributed by atoms with Gasteiger partial charge in [-0.2, -0.15) is 0 Å². The van der Waals surface area contributed by atoms with Crippen LogP contribution in [0.3, 0.4) is 0 Å². The summed E-state index contributed by atoms with van der Waals surface area (Å²) < 4.78 is 0.959. The molecule has 1 aliphatic heterocycles. The Morgan fingerprint density at radius 3 is 2.53 bits per heavy atom. The van der Waals surface area contributed by atoms with Gasteiger partial charge in [-0.15, -0.1) is 11.3 Å². The van der Waals surface area contributed by atoms with Gasteiger partial charge in [0.15, 0.2) is 5.13 Å². The van der Waals surface area contributed by atoms with Crippen LogP contribution in [0.5, 0.6) is 0 Å². The number of rotatable bonds is 4. The van der Waals surface area contributed by atoms with Crippen molar-refractivity contribution in [2.24, 2.45) is 0 Å². The summed E-state index contributed by atoms with van der Waals surface area (Å²) >= 11 is 2.82. The molecule has 1 aliphatic rings. The lowest BCUT2D eigenvalue weighted by molar-refractivity contribution is -0.132. The van der Waals surface area contributed by atoms with E-state index in [1.54, 1.807) is 24.3 Å². The summed E-state index contributed by atoms with van der Waals surface area (Å²) in [6, 6.07) is 17.9. The van der Waals surface area contributed by atoms with Gasteiger partial charge in [-0.25, -0.2) is 4.98 Å². The van der Waals surface area contributed by atoms with E-state index in [-0.39, 0.29) is 11.3 Å². The van der Waals surface area contributed by atoms with Crippen LogP contribution in [0.2, 0.25) is 0 Å². The van der Waals surface area contributed by atoms with E-state index >= 15 is 0 Å². The lowest BCUT2D eigenvalue weighted by Gasteiger charge is -2.21. The van der Waals surface area contributed by atoms with Gasteiger partial charge in [0.05, 0.1) is 15.8 Å². The highest BCUT2D eigenvalue weighted by Crippen LogP contribution is 2.45. The average Bonchev–Trinajstić information content (AvgIpc) is 3.52. The predicted octanol–water partition coefficient (Wildman–Crippen LogP) is 6.11. The van der Waals surface area contributed by atoms with Crippen LogP contribution in [0, 0.1) is 0 Å². The number of ketones is 1. The first-order valence-corrected chi connectivity index (χ1v) is 12.0. The zero-order valence-electron chi connectivity index (χ0n) is 17.5. The van der Waals surface area contributed by atoms with E-state index < -0.39 is 17.7 Å². The highest BCUT2D eigenvalue weighted by Gasteiger charge is 2.48. The second-order valence-corrected chi connectivity index (χ2v) is 9.92. The van der Waals surface area contributed by atoms with Crippen molar-refractivity contribution in [2.45, 2.75) is 25.8 Å². The summed E-state index contributed by atoms with van der Waals surface area (Å²) in [6.45, 7) is 4.25. The van der Waals surface area contributed by atoms with Crippen molar-refractivity contribution in [3.63, 3.8) is 0 Å². The van der Waals surface area contributed by atoms with Gasteiger partial charge in [0.2, 0.25) is 0 Å². The third-order valence-electron chi connectivity index (χ3n) is 5.58. The SMILES string of the molecule is CC(C)c1ccc2nc(N3C(=O)C(=O)/C(=C(/O)c4ccccc4)C3c3cccs3)sc2c1. The van der Waals surface area contributed by atoms with Gasteiger partial charge in [0.25, 0.3) is 5.78 Å². The molecule has 0 aliphatic carbocycles. The maximum Gasteiger partial charge on any atom is 0.301 e. The molecule has 2 aromatic heterocycles. The lowest BCUT2D eigenvalue weighted by atomic mass is 10.00. The Bertz CT molecular complexity index is 1350. The summed E-state index contributed by atoms with van der Waals surface area (Å²) in [5.74, 6) is -1.18. The van der Waals surface area contributed by atoms with Gasteiger partial charge in [-0.1, -0.05) is 67.6 Å². The monoisotopic (exact) mass is 460 g/mol. The van der Waals surface area contributed by atoms with Crippen LogP contribution in [0.1, 0.15) is 41.8 Å². The number of amides is 1. The molecule has 5 nitrogen and oxygen atoms in total. The second kappa shape index (κ2) is 8.00. The van der Waals surface area contributed by atoms with Crippen LogP contribution in [0.4, 0.5) is 5.13 Å². The van der Waals surface area contributed by atoms with E-state index in [4.69, 9.17) is 0 Å². The molecule has 1 fully saturated rings. The first kappa shape index (κ1) is 20.6. The molecule has 7 heteroatoms. The fourth-order valence-corrected chi connectivity index (χ4v) is 5.75. The maximum atomic E-state index is 13.2. The third kappa shape index (κ3) is 3.34. The minimum absolute atomic E-state index is 0.0887. The van der Waals surface area contributed by atoms with Gasteiger partial charge in [0, 0.05) is 10.4 Å². The Morgan fingerprint density at radius 2 is 1.84 bits per heavy atom. The molecule has 32 heavy (non-hydrogen) atoms. The number of fused-ring (bicyclic) bond motifs is 1. The van der Waals surface area contributed by atoms with Gasteiger partial charge in [0.1, 0.15) is 11.8 Å². The zero-order valence-corrected chi connectivity index (χ0v) is 19.1. The summed E-state index contributed by atoms with van der Waals surface area (Å²) in [7, 11) is 0. The number of carbonyl (C=O) groups is 2. The van der Waals surface area contributed by atoms with E-state index in [1.165, 1.54) is 33.1 Å². The molecule has 1 N–H and O–H groups in total. The number of Topliss-reactive ketones (excluding diaryl/α,β-unsaturated/α-hetero) is 1. The average molecular weight is 461 g/mol. The maximum absolute atomic E-state index is 13.2. The van der Waals surface area contributed by atoms with Crippen LogP contribution in [0.25, 0.3) is 16.0 Å². The molecule has 1 atom stereocenters. The molecular weight excluding hydrogens is 440 g/mol. The summed E-state index contributed by atoms with van der Waals surface area (Å²) in [5.41, 5.74) is 2.56. The number of hydrogen-bond donors (Lipinski definition) is 1. The van der Waals surface area contributed by atoms with E-state index in [2.05, 4.69) is 24.9 Å². The normalized spacial score (nSPS) is 18.2. The molecule has 5 rings (SSSR count). The van der Waals surface area contributed by atoms with Gasteiger partial charge in [-0.05, 0) is 35.1 Å². The fraction of sp³-hybridized carbons (Fsp3) is 0.160. The topological polar surface area (TPSA) is 70.5 Å². The Morgan fingerprint density at radius 1 is 1.06 bits per heavy atom. The fourth-order valence-electron chi connectivity index (χ4n) is 3.89. The van der Waals surface area contributed by atoms with Crippen molar-refractivity contribution in [1.82, 2.24) is 4.98 Å². The number of aromatic nitrogens is 1. The zero-order chi connectivity index (χ0) is 22.4. The van der Waals surface area contributed by atoms with Crippen LogP contribution in [-0.4, -0.2) is 21.8 Å². The number of benzene rings is 2. The molecule has 160 valence electrons. The van der Waals surface area contributed by atoms with Gasteiger partial charge in [-0.3, -0.25) is 14.5 Å². The number of carbonyl (C=O) groups excluding carboxylic acids is 2. The summed E-state index contributed by atoms with van der Waals surface area (Å²) in [6.07, 6.45) is 0. The molecule has 1 amide bonds. The predicted molar refractivity (Wildman–Crippen MR) is 129 cm³/mol. The number of hydrogen-bond acceptors (Lipinski definition) is 6. The Labute approximate surface area is 193 Å². The number of thiazole rings is 1. The molecule has 0 radical (unpaired) electrons. The molecule has 3 heterocycles. The molecular formula is C25H20N2O3S2. The Kier molecular flexibility index (Phi) is 5.15. The number of anilines is 1. The van der Waals surface area contributed by atoms with Crippen molar-refractivity contribution in [3.8, 4) is 0 Å². The largest absolute Gasteiger partial charge is 0.507 e. The van der Waals surface area contributed by atoms with Gasteiger partial charge < -0.3 is 5.11 Å². The molecule has 0 spiro atoms. The summed E-state index contributed by atoms with van der Waals surface area (Å²) in [5, 5.41) is 13.4. The minimum atomic E-state index is -0.722. The highest BCUT2D eigenvalue weighted by molar-refractivity contribution is 7.22. The standard InChI is InChI=1S/C25H20N2O3S2/c1-14(2)16-10-11-17-19(13-16)32-25(26-17)27-21(18-9-6-12-31-18)20(23(29)24(27)30)22(28)15-7-4-3-5-8-15/h3-14,21,28H,1-2H3/b22-20+. The third-order valence-corrected chi connectivity index (χ3v) is 7.52.